The zero-order valence-corrected chi connectivity index (χ0v) is 15.2. The molecule has 1 amide bonds. The number of fused-ring (bicyclic) bond motifs is 1. The van der Waals surface area contributed by atoms with Crippen LogP contribution < -0.4 is 5.32 Å². The average molecular weight is 357 g/mol. The maximum absolute atomic E-state index is 12.3. The number of anilines is 1. The fourth-order valence-corrected chi connectivity index (χ4v) is 3.86. The maximum atomic E-state index is 12.3. The Bertz CT molecular complexity index is 868. The summed E-state index contributed by atoms with van der Waals surface area (Å²) in [6.45, 7) is 5.47. The van der Waals surface area contributed by atoms with Crippen LogP contribution in [0.4, 0.5) is 5.69 Å². The zero-order chi connectivity index (χ0) is 18.1. The second-order valence-corrected chi connectivity index (χ2v) is 7.31. The molecule has 5 nitrogen and oxygen atoms in total. The molecule has 0 aliphatic carbocycles. The van der Waals surface area contributed by atoms with Gasteiger partial charge in [0.2, 0.25) is 5.91 Å². The van der Waals surface area contributed by atoms with E-state index in [4.69, 9.17) is 4.74 Å². The van der Waals surface area contributed by atoms with Crippen molar-refractivity contribution < 1.29 is 19.1 Å². The SMILES string of the molecule is CCc1cc(C(=O)OCC(=O)c2ccc3c(c2)[C@@H](C)C(=O)N3)sc1C. The highest BCUT2D eigenvalue weighted by Crippen LogP contribution is 2.32. The van der Waals surface area contributed by atoms with E-state index < -0.39 is 5.97 Å². The van der Waals surface area contributed by atoms with Gasteiger partial charge in [-0.15, -0.1) is 11.3 Å². The van der Waals surface area contributed by atoms with Crippen LogP contribution in [0.3, 0.4) is 0 Å². The molecule has 0 unspecified atom stereocenters. The molecule has 0 spiro atoms. The van der Waals surface area contributed by atoms with Crippen LogP contribution in [0.2, 0.25) is 0 Å². The predicted octanol–water partition coefficient (Wildman–Crippen LogP) is 3.71. The van der Waals surface area contributed by atoms with Gasteiger partial charge in [0.1, 0.15) is 4.88 Å². The topological polar surface area (TPSA) is 72.5 Å². The molecule has 3 rings (SSSR count). The third kappa shape index (κ3) is 3.35. The maximum Gasteiger partial charge on any atom is 0.348 e. The summed E-state index contributed by atoms with van der Waals surface area (Å²) < 4.78 is 5.16. The number of thiophene rings is 1. The van der Waals surface area contributed by atoms with Crippen LogP contribution in [0.5, 0.6) is 0 Å². The number of hydrogen-bond acceptors (Lipinski definition) is 5. The van der Waals surface area contributed by atoms with E-state index in [1.54, 1.807) is 25.1 Å². The fraction of sp³-hybridized carbons (Fsp3) is 0.316. The standard InChI is InChI=1S/C19H19NO4S/c1-4-12-8-17(25-11(12)3)19(23)24-9-16(21)13-5-6-15-14(7-13)10(2)18(22)20-15/h5-8,10H,4,9H2,1-3H3,(H,20,22)/t10-/m1/s1. The summed E-state index contributed by atoms with van der Waals surface area (Å²) in [4.78, 5) is 37.7. The summed E-state index contributed by atoms with van der Waals surface area (Å²) in [5.74, 6) is -1.13. The van der Waals surface area contributed by atoms with Gasteiger partial charge in [-0.25, -0.2) is 4.79 Å². The van der Waals surface area contributed by atoms with Gasteiger partial charge in [0.05, 0.1) is 5.92 Å². The van der Waals surface area contributed by atoms with Crippen molar-refractivity contribution in [2.75, 3.05) is 11.9 Å². The lowest BCUT2D eigenvalue weighted by molar-refractivity contribution is -0.116. The Morgan fingerprint density at radius 3 is 2.72 bits per heavy atom. The van der Waals surface area contributed by atoms with E-state index in [1.807, 2.05) is 19.9 Å². The van der Waals surface area contributed by atoms with Gasteiger partial charge in [0.15, 0.2) is 12.4 Å². The fourth-order valence-electron chi connectivity index (χ4n) is 2.85. The number of rotatable bonds is 5. The molecule has 130 valence electrons. The van der Waals surface area contributed by atoms with Crippen LogP contribution in [-0.4, -0.2) is 24.3 Å². The minimum absolute atomic E-state index is 0.0779. The molecule has 6 heteroatoms. The largest absolute Gasteiger partial charge is 0.453 e. The van der Waals surface area contributed by atoms with Crippen LogP contribution in [0.1, 0.15) is 55.8 Å². The predicted molar refractivity (Wildman–Crippen MR) is 96.5 cm³/mol. The molecule has 1 aliphatic heterocycles. The van der Waals surface area contributed by atoms with Crippen molar-refractivity contribution in [3.05, 3.63) is 50.7 Å². The molecule has 1 N–H and O–H groups in total. The number of benzene rings is 1. The van der Waals surface area contributed by atoms with Crippen molar-refractivity contribution in [1.82, 2.24) is 0 Å². The summed E-state index contributed by atoms with van der Waals surface area (Å²) in [6, 6.07) is 6.86. The highest BCUT2D eigenvalue weighted by Gasteiger charge is 2.27. The Morgan fingerprint density at radius 1 is 1.28 bits per heavy atom. The number of Topliss-reactive ketones (excluding diaryl/α,β-unsaturated/α-hetero) is 1. The number of carbonyl (C=O) groups is 3. The van der Waals surface area contributed by atoms with E-state index in [-0.39, 0.29) is 24.2 Å². The van der Waals surface area contributed by atoms with E-state index in [0.717, 1.165) is 28.1 Å². The molecule has 1 aromatic heterocycles. The smallest absolute Gasteiger partial charge is 0.348 e. The molecule has 0 saturated heterocycles. The Kier molecular flexibility index (Phi) is 4.72. The highest BCUT2D eigenvalue weighted by molar-refractivity contribution is 7.14. The number of amides is 1. The van der Waals surface area contributed by atoms with Crippen molar-refractivity contribution in [3.63, 3.8) is 0 Å². The van der Waals surface area contributed by atoms with Crippen molar-refractivity contribution in [2.45, 2.75) is 33.1 Å². The summed E-state index contributed by atoms with van der Waals surface area (Å²) in [5, 5.41) is 2.76. The Morgan fingerprint density at radius 2 is 2.04 bits per heavy atom. The van der Waals surface area contributed by atoms with Gasteiger partial charge in [0.25, 0.3) is 0 Å². The van der Waals surface area contributed by atoms with Gasteiger partial charge >= 0.3 is 5.97 Å². The molecule has 0 bridgehead atoms. The van der Waals surface area contributed by atoms with Gasteiger partial charge in [-0.2, -0.15) is 0 Å². The van der Waals surface area contributed by atoms with Crippen molar-refractivity contribution in [3.8, 4) is 0 Å². The Labute approximate surface area is 150 Å². The van der Waals surface area contributed by atoms with E-state index in [1.165, 1.54) is 11.3 Å². The minimum atomic E-state index is -0.479. The summed E-state index contributed by atoms with van der Waals surface area (Å²) in [6.07, 6.45) is 0.856. The first kappa shape index (κ1) is 17.4. The first-order valence-corrected chi connectivity index (χ1v) is 8.96. The lowest BCUT2D eigenvalue weighted by atomic mass is 9.99. The average Bonchev–Trinajstić information content (AvgIpc) is 3.12. The normalized spacial score (nSPS) is 15.6. The molecule has 0 radical (unpaired) electrons. The van der Waals surface area contributed by atoms with E-state index in [0.29, 0.717) is 10.4 Å². The third-order valence-electron chi connectivity index (χ3n) is 4.43. The monoisotopic (exact) mass is 357 g/mol. The second-order valence-electron chi connectivity index (χ2n) is 6.06. The highest BCUT2D eigenvalue weighted by atomic mass is 32.1. The molecular weight excluding hydrogens is 338 g/mol. The van der Waals surface area contributed by atoms with Crippen LogP contribution >= 0.6 is 11.3 Å². The van der Waals surface area contributed by atoms with E-state index in [2.05, 4.69) is 5.32 Å². The molecule has 0 fully saturated rings. The Hall–Kier alpha value is -2.47. The second kappa shape index (κ2) is 6.80. The van der Waals surface area contributed by atoms with Gasteiger partial charge in [-0.3, -0.25) is 9.59 Å². The molecule has 1 aliphatic rings. The number of esters is 1. The van der Waals surface area contributed by atoms with Gasteiger partial charge in [-0.1, -0.05) is 6.92 Å². The van der Waals surface area contributed by atoms with Gasteiger partial charge in [-0.05, 0) is 55.7 Å². The van der Waals surface area contributed by atoms with Gasteiger partial charge < -0.3 is 10.1 Å². The lowest BCUT2D eigenvalue weighted by Crippen LogP contribution is -2.13. The Balaban J connectivity index is 1.67. The molecule has 2 heterocycles. The van der Waals surface area contributed by atoms with Crippen LogP contribution in [0.15, 0.2) is 24.3 Å². The number of ether oxygens (including phenoxy) is 1. The van der Waals surface area contributed by atoms with Crippen LogP contribution in [0, 0.1) is 6.92 Å². The lowest BCUT2D eigenvalue weighted by Gasteiger charge is -2.06. The van der Waals surface area contributed by atoms with Crippen LogP contribution in [-0.2, 0) is 16.0 Å². The van der Waals surface area contributed by atoms with Crippen molar-refractivity contribution in [1.29, 1.82) is 0 Å². The number of aryl methyl sites for hydroxylation is 2. The summed E-state index contributed by atoms with van der Waals surface area (Å²) in [5.41, 5.74) is 3.08. The summed E-state index contributed by atoms with van der Waals surface area (Å²) in [7, 11) is 0. The number of hydrogen-bond donors (Lipinski definition) is 1. The van der Waals surface area contributed by atoms with Crippen molar-refractivity contribution in [2.24, 2.45) is 0 Å². The molecule has 1 aromatic carbocycles. The first-order valence-electron chi connectivity index (χ1n) is 8.15. The van der Waals surface area contributed by atoms with Gasteiger partial charge in [0, 0.05) is 16.1 Å². The zero-order valence-electron chi connectivity index (χ0n) is 14.3. The molecular formula is C19H19NO4S. The molecule has 1 atom stereocenters. The van der Waals surface area contributed by atoms with E-state index in [9.17, 15) is 14.4 Å². The molecule has 0 saturated carbocycles. The third-order valence-corrected chi connectivity index (χ3v) is 5.50. The minimum Gasteiger partial charge on any atom is -0.453 e. The van der Waals surface area contributed by atoms with Crippen LogP contribution in [0.25, 0.3) is 0 Å². The number of ketones is 1. The molecule has 25 heavy (non-hydrogen) atoms. The first-order chi connectivity index (χ1) is 11.9. The molecule has 2 aromatic rings. The number of carbonyl (C=O) groups excluding carboxylic acids is 3. The quantitative estimate of drug-likeness (QED) is 0.654. The number of nitrogens with one attached hydrogen (secondary N) is 1. The van der Waals surface area contributed by atoms with Crippen molar-refractivity contribution >= 4 is 34.7 Å². The summed E-state index contributed by atoms with van der Waals surface area (Å²) >= 11 is 1.38. The van der Waals surface area contributed by atoms with E-state index >= 15 is 0 Å².